The number of aryl methyl sites for hydroxylation is 2. The standard InChI is InChI=1S/C17H25ClN2O2/c1-10(2)9-19-15(21)17(5,6)16(22)20-14-12(4)7-11(3)8-13(14)18/h7-8,10H,9H2,1-6H3,(H,19,21)(H,20,22). The lowest BCUT2D eigenvalue weighted by Crippen LogP contribution is -2.46. The molecule has 1 aromatic rings. The van der Waals surface area contributed by atoms with Crippen LogP contribution in [-0.4, -0.2) is 18.4 Å². The molecule has 5 heteroatoms. The van der Waals surface area contributed by atoms with Gasteiger partial charge in [0.2, 0.25) is 11.8 Å². The molecule has 4 nitrogen and oxygen atoms in total. The van der Waals surface area contributed by atoms with Gasteiger partial charge in [-0.2, -0.15) is 0 Å². The lowest BCUT2D eigenvalue weighted by molar-refractivity contribution is -0.138. The van der Waals surface area contributed by atoms with Gasteiger partial charge in [0.1, 0.15) is 5.41 Å². The summed E-state index contributed by atoms with van der Waals surface area (Å²) in [5.74, 6) is -0.334. The third-order valence-corrected chi connectivity index (χ3v) is 3.77. The summed E-state index contributed by atoms with van der Waals surface area (Å²) in [5, 5.41) is 6.05. The Morgan fingerprint density at radius 2 is 1.77 bits per heavy atom. The van der Waals surface area contributed by atoms with Gasteiger partial charge in [0.25, 0.3) is 0 Å². The van der Waals surface area contributed by atoms with Gasteiger partial charge in [-0.15, -0.1) is 0 Å². The molecule has 0 fully saturated rings. The van der Waals surface area contributed by atoms with Crippen LogP contribution in [0.5, 0.6) is 0 Å². The zero-order chi connectivity index (χ0) is 17.1. The molecule has 0 atom stereocenters. The number of halogens is 1. The summed E-state index contributed by atoms with van der Waals surface area (Å²) >= 11 is 6.20. The van der Waals surface area contributed by atoms with Crippen molar-refractivity contribution in [3.8, 4) is 0 Å². The number of hydrogen-bond donors (Lipinski definition) is 2. The first-order valence-corrected chi connectivity index (χ1v) is 7.80. The zero-order valence-electron chi connectivity index (χ0n) is 14.1. The van der Waals surface area contributed by atoms with Crippen LogP contribution in [-0.2, 0) is 9.59 Å². The molecule has 22 heavy (non-hydrogen) atoms. The van der Waals surface area contributed by atoms with E-state index >= 15 is 0 Å². The topological polar surface area (TPSA) is 58.2 Å². The minimum atomic E-state index is -1.17. The van der Waals surface area contributed by atoms with Crippen LogP contribution in [0.4, 0.5) is 5.69 Å². The first-order chi connectivity index (χ1) is 10.1. The van der Waals surface area contributed by atoms with E-state index in [1.54, 1.807) is 19.9 Å². The molecule has 1 rings (SSSR count). The molecular formula is C17H25ClN2O2. The van der Waals surface area contributed by atoms with Gasteiger partial charge >= 0.3 is 0 Å². The molecule has 2 N–H and O–H groups in total. The van der Waals surface area contributed by atoms with Crippen molar-refractivity contribution in [3.05, 3.63) is 28.3 Å². The highest BCUT2D eigenvalue weighted by molar-refractivity contribution is 6.34. The van der Waals surface area contributed by atoms with E-state index in [0.717, 1.165) is 11.1 Å². The van der Waals surface area contributed by atoms with E-state index < -0.39 is 5.41 Å². The SMILES string of the molecule is Cc1cc(C)c(NC(=O)C(C)(C)C(=O)NCC(C)C)c(Cl)c1. The van der Waals surface area contributed by atoms with E-state index in [2.05, 4.69) is 10.6 Å². The maximum absolute atomic E-state index is 12.5. The van der Waals surface area contributed by atoms with Crippen molar-refractivity contribution in [2.24, 2.45) is 11.3 Å². The molecule has 2 amide bonds. The highest BCUT2D eigenvalue weighted by Gasteiger charge is 2.36. The van der Waals surface area contributed by atoms with Crippen LogP contribution < -0.4 is 10.6 Å². The van der Waals surface area contributed by atoms with Crippen LogP contribution in [0.1, 0.15) is 38.8 Å². The van der Waals surface area contributed by atoms with E-state index in [0.29, 0.717) is 23.2 Å². The smallest absolute Gasteiger partial charge is 0.239 e. The summed E-state index contributed by atoms with van der Waals surface area (Å²) in [6.07, 6.45) is 0. The number of carbonyl (C=O) groups excluding carboxylic acids is 2. The number of anilines is 1. The van der Waals surface area contributed by atoms with Gasteiger partial charge in [-0.05, 0) is 50.8 Å². The molecule has 0 aliphatic carbocycles. The summed E-state index contributed by atoms with van der Waals surface area (Å²) in [7, 11) is 0. The first kappa shape index (κ1) is 18.5. The van der Waals surface area contributed by atoms with Crippen molar-refractivity contribution < 1.29 is 9.59 Å². The second-order valence-electron chi connectivity index (χ2n) is 6.62. The van der Waals surface area contributed by atoms with E-state index in [1.807, 2.05) is 33.8 Å². The predicted molar refractivity (Wildman–Crippen MR) is 91.2 cm³/mol. The van der Waals surface area contributed by atoms with Crippen molar-refractivity contribution in [1.82, 2.24) is 5.32 Å². The zero-order valence-corrected chi connectivity index (χ0v) is 14.9. The summed E-state index contributed by atoms with van der Waals surface area (Å²) in [5.41, 5.74) is 1.28. The van der Waals surface area contributed by atoms with Gasteiger partial charge in [-0.1, -0.05) is 31.5 Å². The Hall–Kier alpha value is -1.55. The molecule has 0 aliphatic heterocycles. The normalized spacial score (nSPS) is 11.5. The van der Waals surface area contributed by atoms with Crippen LogP contribution in [0, 0.1) is 25.2 Å². The van der Waals surface area contributed by atoms with Crippen LogP contribution in [0.25, 0.3) is 0 Å². The monoisotopic (exact) mass is 324 g/mol. The summed E-state index contributed by atoms with van der Waals surface area (Å²) in [6.45, 7) is 11.6. The van der Waals surface area contributed by atoms with Gasteiger partial charge < -0.3 is 10.6 Å². The van der Waals surface area contributed by atoms with Crippen LogP contribution in [0.15, 0.2) is 12.1 Å². The van der Waals surface area contributed by atoms with E-state index in [1.165, 1.54) is 0 Å². The fraction of sp³-hybridized carbons (Fsp3) is 0.529. The van der Waals surface area contributed by atoms with Gasteiger partial charge in [0.15, 0.2) is 0 Å². The maximum Gasteiger partial charge on any atom is 0.239 e. The van der Waals surface area contributed by atoms with E-state index in [9.17, 15) is 9.59 Å². The fourth-order valence-electron chi connectivity index (χ4n) is 1.96. The third-order valence-electron chi connectivity index (χ3n) is 3.48. The average Bonchev–Trinajstić information content (AvgIpc) is 2.39. The Morgan fingerprint density at radius 3 is 2.27 bits per heavy atom. The van der Waals surface area contributed by atoms with Gasteiger partial charge in [-0.25, -0.2) is 0 Å². The molecule has 0 unspecified atom stereocenters. The molecular weight excluding hydrogens is 300 g/mol. The Bertz CT molecular complexity index is 557. The number of hydrogen-bond acceptors (Lipinski definition) is 2. The second-order valence-corrected chi connectivity index (χ2v) is 7.03. The third kappa shape index (κ3) is 4.47. The Morgan fingerprint density at radius 1 is 1.18 bits per heavy atom. The van der Waals surface area contributed by atoms with Crippen LogP contribution >= 0.6 is 11.6 Å². The maximum atomic E-state index is 12.5. The van der Waals surface area contributed by atoms with Crippen molar-refractivity contribution in [2.75, 3.05) is 11.9 Å². The minimum Gasteiger partial charge on any atom is -0.355 e. The number of amides is 2. The van der Waals surface area contributed by atoms with Crippen LogP contribution in [0.2, 0.25) is 5.02 Å². The summed E-state index contributed by atoms with van der Waals surface area (Å²) in [4.78, 5) is 24.7. The molecule has 0 aliphatic rings. The van der Waals surface area contributed by atoms with Crippen molar-refractivity contribution in [1.29, 1.82) is 0 Å². The van der Waals surface area contributed by atoms with E-state index in [4.69, 9.17) is 11.6 Å². The number of carbonyl (C=O) groups is 2. The largest absolute Gasteiger partial charge is 0.355 e. The van der Waals surface area contributed by atoms with Crippen molar-refractivity contribution in [3.63, 3.8) is 0 Å². The number of benzene rings is 1. The quantitative estimate of drug-likeness (QED) is 0.811. The van der Waals surface area contributed by atoms with E-state index in [-0.39, 0.29) is 11.8 Å². The predicted octanol–water partition coefficient (Wildman–Crippen LogP) is 3.69. The van der Waals surface area contributed by atoms with Crippen molar-refractivity contribution in [2.45, 2.75) is 41.5 Å². The summed E-state index contributed by atoms with van der Waals surface area (Å²) < 4.78 is 0. The first-order valence-electron chi connectivity index (χ1n) is 7.42. The molecule has 0 aromatic heterocycles. The average molecular weight is 325 g/mol. The summed E-state index contributed by atoms with van der Waals surface area (Å²) in [6, 6.07) is 3.73. The molecule has 0 heterocycles. The molecule has 0 radical (unpaired) electrons. The van der Waals surface area contributed by atoms with Gasteiger partial charge in [0.05, 0.1) is 10.7 Å². The molecule has 122 valence electrons. The Labute approximate surface area is 137 Å². The lowest BCUT2D eigenvalue weighted by Gasteiger charge is -2.24. The molecule has 0 saturated carbocycles. The number of nitrogens with one attached hydrogen (secondary N) is 2. The Balaban J connectivity index is 2.90. The molecule has 1 aromatic carbocycles. The second kappa shape index (κ2) is 7.14. The fourth-order valence-corrected chi connectivity index (χ4v) is 2.33. The van der Waals surface area contributed by atoms with Gasteiger partial charge in [-0.3, -0.25) is 9.59 Å². The highest BCUT2D eigenvalue weighted by atomic mass is 35.5. The molecule has 0 spiro atoms. The Kier molecular flexibility index (Phi) is 6.00. The van der Waals surface area contributed by atoms with Gasteiger partial charge in [0, 0.05) is 6.54 Å². The number of rotatable bonds is 5. The van der Waals surface area contributed by atoms with Crippen LogP contribution in [0.3, 0.4) is 0 Å². The highest BCUT2D eigenvalue weighted by Crippen LogP contribution is 2.29. The molecule has 0 bridgehead atoms. The van der Waals surface area contributed by atoms with Crippen molar-refractivity contribution >= 4 is 29.1 Å². The minimum absolute atomic E-state index is 0.292. The lowest BCUT2D eigenvalue weighted by atomic mass is 9.90. The molecule has 0 saturated heterocycles.